The van der Waals surface area contributed by atoms with Crippen LogP contribution in [0.5, 0.6) is 0 Å². The van der Waals surface area contributed by atoms with E-state index in [1.54, 1.807) is 0 Å². The van der Waals surface area contributed by atoms with Gasteiger partial charge < -0.3 is 10.2 Å². The van der Waals surface area contributed by atoms with Crippen molar-refractivity contribution in [2.24, 2.45) is 0 Å². The van der Waals surface area contributed by atoms with Crippen LogP contribution in [0.1, 0.15) is 18.1 Å². The molecular weight excluding hydrogens is 280 g/mol. The average molecular weight is 301 g/mol. The van der Waals surface area contributed by atoms with E-state index in [0.717, 1.165) is 30.2 Å². The molecule has 0 aliphatic carbocycles. The van der Waals surface area contributed by atoms with E-state index in [2.05, 4.69) is 65.7 Å². The third-order valence-electron chi connectivity index (χ3n) is 4.34. The summed E-state index contributed by atoms with van der Waals surface area (Å²) in [4.78, 5) is 2.41. The van der Waals surface area contributed by atoms with Crippen LogP contribution in [-0.2, 0) is 5.54 Å². The number of halogens is 1. The SMILES string of the molecule is Cc1ccc(N2CCNC(C)(c3ccccc3)C2)cc1Cl. The van der Waals surface area contributed by atoms with E-state index in [1.807, 2.05) is 6.92 Å². The van der Waals surface area contributed by atoms with Crippen LogP contribution in [0.4, 0.5) is 5.69 Å². The minimum atomic E-state index is -0.0309. The zero-order valence-corrected chi connectivity index (χ0v) is 13.3. The fourth-order valence-corrected chi connectivity index (χ4v) is 3.16. The van der Waals surface area contributed by atoms with Crippen LogP contribution in [0, 0.1) is 6.92 Å². The molecule has 21 heavy (non-hydrogen) atoms. The topological polar surface area (TPSA) is 15.3 Å². The quantitative estimate of drug-likeness (QED) is 0.902. The summed E-state index contributed by atoms with van der Waals surface area (Å²) in [5.74, 6) is 0. The van der Waals surface area contributed by atoms with E-state index in [-0.39, 0.29) is 5.54 Å². The molecule has 1 aliphatic rings. The molecule has 1 saturated heterocycles. The van der Waals surface area contributed by atoms with Gasteiger partial charge >= 0.3 is 0 Å². The first-order valence-electron chi connectivity index (χ1n) is 7.40. The van der Waals surface area contributed by atoms with Gasteiger partial charge in [0.15, 0.2) is 0 Å². The summed E-state index contributed by atoms with van der Waals surface area (Å²) >= 11 is 6.28. The molecule has 3 heteroatoms. The monoisotopic (exact) mass is 300 g/mol. The number of rotatable bonds is 2. The fraction of sp³-hybridized carbons (Fsp3) is 0.333. The van der Waals surface area contributed by atoms with Crippen molar-refractivity contribution in [3.05, 3.63) is 64.7 Å². The lowest BCUT2D eigenvalue weighted by atomic mass is 9.89. The molecule has 2 nitrogen and oxygen atoms in total. The maximum atomic E-state index is 6.28. The van der Waals surface area contributed by atoms with Crippen molar-refractivity contribution in [2.75, 3.05) is 24.5 Å². The van der Waals surface area contributed by atoms with Crippen molar-refractivity contribution in [3.63, 3.8) is 0 Å². The summed E-state index contributed by atoms with van der Waals surface area (Å²) in [6.45, 7) is 7.22. The van der Waals surface area contributed by atoms with Gasteiger partial charge in [-0.15, -0.1) is 0 Å². The zero-order chi connectivity index (χ0) is 14.9. The van der Waals surface area contributed by atoms with Crippen LogP contribution in [0.25, 0.3) is 0 Å². The van der Waals surface area contributed by atoms with E-state index in [9.17, 15) is 0 Å². The Kier molecular flexibility index (Phi) is 3.92. The number of nitrogens with one attached hydrogen (secondary N) is 1. The first-order valence-corrected chi connectivity index (χ1v) is 7.78. The molecule has 1 atom stereocenters. The second-order valence-corrected chi connectivity index (χ2v) is 6.39. The molecule has 0 radical (unpaired) electrons. The highest BCUT2D eigenvalue weighted by Gasteiger charge is 2.32. The van der Waals surface area contributed by atoms with Crippen LogP contribution in [0.3, 0.4) is 0 Å². The predicted octanol–water partition coefficient (Wildman–Crippen LogP) is 3.97. The maximum absolute atomic E-state index is 6.28. The number of aryl methyl sites for hydroxylation is 1. The highest BCUT2D eigenvalue weighted by atomic mass is 35.5. The number of piperazine rings is 1. The molecule has 1 aliphatic heterocycles. The highest BCUT2D eigenvalue weighted by molar-refractivity contribution is 6.31. The van der Waals surface area contributed by atoms with Gasteiger partial charge in [0.05, 0.1) is 5.54 Å². The second-order valence-electron chi connectivity index (χ2n) is 5.98. The molecule has 2 aromatic carbocycles. The second kappa shape index (κ2) is 5.70. The third kappa shape index (κ3) is 2.92. The van der Waals surface area contributed by atoms with Gasteiger partial charge in [-0.1, -0.05) is 48.0 Å². The molecule has 2 aromatic rings. The summed E-state index contributed by atoms with van der Waals surface area (Å²) in [6, 6.07) is 17.0. The molecule has 0 amide bonds. The van der Waals surface area contributed by atoms with E-state index < -0.39 is 0 Å². The van der Waals surface area contributed by atoms with Gasteiger partial charge in [0.2, 0.25) is 0 Å². The lowest BCUT2D eigenvalue weighted by Crippen LogP contribution is -2.56. The summed E-state index contributed by atoms with van der Waals surface area (Å²) < 4.78 is 0. The summed E-state index contributed by atoms with van der Waals surface area (Å²) in [5, 5.41) is 4.50. The number of anilines is 1. The van der Waals surface area contributed by atoms with Crippen molar-refractivity contribution < 1.29 is 0 Å². The Balaban J connectivity index is 1.87. The van der Waals surface area contributed by atoms with Gasteiger partial charge in [0.1, 0.15) is 0 Å². The van der Waals surface area contributed by atoms with Crippen molar-refractivity contribution in [1.29, 1.82) is 0 Å². The van der Waals surface area contributed by atoms with Crippen molar-refractivity contribution >= 4 is 17.3 Å². The average Bonchev–Trinajstić information content (AvgIpc) is 2.51. The lowest BCUT2D eigenvalue weighted by molar-refractivity contribution is 0.332. The van der Waals surface area contributed by atoms with Crippen LogP contribution >= 0.6 is 11.6 Å². The molecule has 1 fully saturated rings. The molecule has 1 heterocycles. The maximum Gasteiger partial charge on any atom is 0.0584 e. The first-order chi connectivity index (χ1) is 10.1. The smallest absolute Gasteiger partial charge is 0.0584 e. The minimum absolute atomic E-state index is 0.0309. The molecule has 1 N–H and O–H groups in total. The molecule has 3 rings (SSSR count). The van der Waals surface area contributed by atoms with E-state index in [0.29, 0.717) is 0 Å². The molecule has 0 saturated carbocycles. The van der Waals surface area contributed by atoms with E-state index in [1.165, 1.54) is 11.3 Å². The van der Waals surface area contributed by atoms with Gasteiger partial charge in [-0.2, -0.15) is 0 Å². The first kappa shape index (κ1) is 14.4. The number of nitrogens with zero attached hydrogens (tertiary/aromatic N) is 1. The molecule has 0 aromatic heterocycles. The summed E-state index contributed by atoms with van der Waals surface area (Å²) in [5.41, 5.74) is 3.63. The standard InChI is InChI=1S/C18H21ClN2/c1-14-8-9-16(12-17(14)19)21-11-10-20-18(2,13-21)15-6-4-3-5-7-15/h3-9,12,20H,10-11,13H2,1-2H3. The third-order valence-corrected chi connectivity index (χ3v) is 4.74. The van der Waals surface area contributed by atoms with Gasteiger partial charge in [0.25, 0.3) is 0 Å². The Labute approximate surface area is 131 Å². The summed E-state index contributed by atoms with van der Waals surface area (Å²) in [7, 11) is 0. The van der Waals surface area contributed by atoms with Gasteiger partial charge in [0, 0.05) is 30.3 Å². The Morgan fingerprint density at radius 2 is 1.90 bits per heavy atom. The number of hydrogen-bond acceptors (Lipinski definition) is 2. The molecule has 0 spiro atoms. The van der Waals surface area contributed by atoms with Crippen molar-refractivity contribution in [1.82, 2.24) is 5.32 Å². The van der Waals surface area contributed by atoms with Crippen LogP contribution in [-0.4, -0.2) is 19.6 Å². The van der Waals surface area contributed by atoms with Crippen LogP contribution in [0.2, 0.25) is 5.02 Å². The predicted molar refractivity (Wildman–Crippen MR) is 90.2 cm³/mol. The Morgan fingerprint density at radius 3 is 2.62 bits per heavy atom. The summed E-state index contributed by atoms with van der Waals surface area (Å²) in [6.07, 6.45) is 0. The lowest BCUT2D eigenvalue weighted by Gasteiger charge is -2.43. The van der Waals surface area contributed by atoms with E-state index >= 15 is 0 Å². The normalized spacial score (nSPS) is 22.3. The number of benzene rings is 2. The number of hydrogen-bond donors (Lipinski definition) is 1. The van der Waals surface area contributed by atoms with Gasteiger partial charge in [-0.25, -0.2) is 0 Å². The molecular formula is C18H21ClN2. The molecule has 110 valence electrons. The van der Waals surface area contributed by atoms with E-state index in [4.69, 9.17) is 11.6 Å². The Bertz CT molecular complexity index is 626. The van der Waals surface area contributed by atoms with Crippen LogP contribution in [0.15, 0.2) is 48.5 Å². The van der Waals surface area contributed by atoms with Gasteiger partial charge in [-0.05, 0) is 37.1 Å². The van der Waals surface area contributed by atoms with Gasteiger partial charge in [-0.3, -0.25) is 0 Å². The van der Waals surface area contributed by atoms with Crippen LogP contribution < -0.4 is 10.2 Å². The zero-order valence-electron chi connectivity index (χ0n) is 12.6. The Hall–Kier alpha value is -1.51. The Morgan fingerprint density at radius 1 is 1.14 bits per heavy atom. The highest BCUT2D eigenvalue weighted by Crippen LogP contribution is 2.29. The minimum Gasteiger partial charge on any atom is -0.368 e. The van der Waals surface area contributed by atoms with Crippen molar-refractivity contribution in [2.45, 2.75) is 19.4 Å². The largest absolute Gasteiger partial charge is 0.368 e. The molecule has 1 unspecified atom stereocenters. The molecule has 0 bridgehead atoms. The fourth-order valence-electron chi connectivity index (χ4n) is 2.98. The van der Waals surface area contributed by atoms with Crippen molar-refractivity contribution in [3.8, 4) is 0 Å².